The Kier molecular flexibility index (Phi) is 6.06. The molecule has 0 saturated heterocycles. The lowest BCUT2D eigenvalue weighted by Crippen LogP contribution is -2.35. The summed E-state index contributed by atoms with van der Waals surface area (Å²) in [6.45, 7) is 0. The van der Waals surface area contributed by atoms with Crippen LogP contribution in [0.4, 0.5) is 30.4 Å². The summed E-state index contributed by atoms with van der Waals surface area (Å²) in [5.41, 5.74) is 7.38. The number of nitrogens with one attached hydrogen (secondary N) is 3. The van der Waals surface area contributed by atoms with E-state index in [4.69, 9.17) is 5.73 Å². The van der Waals surface area contributed by atoms with Gasteiger partial charge in [0.05, 0.1) is 16.6 Å². The largest absolute Gasteiger partial charge is 0.573 e. The Bertz CT molecular complexity index is 1510. The van der Waals surface area contributed by atoms with E-state index >= 15 is 0 Å². The first kappa shape index (κ1) is 24.6. The van der Waals surface area contributed by atoms with Crippen molar-refractivity contribution in [1.82, 2.24) is 10.2 Å². The minimum atomic E-state index is -4.95. The normalized spacial score (nSPS) is 14.3. The molecule has 2 amide bonds. The summed E-state index contributed by atoms with van der Waals surface area (Å²) in [6.07, 6.45) is -4.43. The Labute approximate surface area is 216 Å². The predicted molar refractivity (Wildman–Crippen MR) is 136 cm³/mol. The number of carbonyl (C=O) groups excluding carboxylic acids is 2. The van der Waals surface area contributed by atoms with Crippen LogP contribution < -0.4 is 21.1 Å². The van der Waals surface area contributed by atoms with E-state index in [1.807, 2.05) is 18.2 Å². The molecule has 1 fully saturated rings. The highest BCUT2D eigenvalue weighted by Crippen LogP contribution is 2.48. The Morgan fingerprint density at radius 2 is 1.73 bits per heavy atom. The zero-order chi connectivity index (χ0) is 26.4. The van der Waals surface area contributed by atoms with Crippen LogP contribution in [-0.2, 0) is 9.59 Å². The molecule has 0 bridgehead atoms. The molecule has 0 radical (unpaired) electrons. The number of hydrogen-bond acceptors (Lipinski definition) is 5. The first-order chi connectivity index (χ1) is 17.6. The zero-order valence-corrected chi connectivity index (χ0v) is 20.5. The van der Waals surface area contributed by atoms with Crippen molar-refractivity contribution in [3.63, 3.8) is 0 Å². The number of nitrogens with zero attached hydrogens (tertiary/aromatic N) is 1. The van der Waals surface area contributed by atoms with E-state index in [0.717, 1.165) is 28.1 Å². The molecule has 1 saturated carbocycles. The van der Waals surface area contributed by atoms with Crippen LogP contribution in [0.2, 0.25) is 0 Å². The Balaban J connectivity index is 1.31. The van der Waals surface area contributed by atoms with E-state index in [2.05, 4.69) is 41.5 Å². The first-order valence-electron chi connectivity index (χ1n) is 11.1. The van der Waals surface area contributed by atoms with Crippen molar-refractivity contribution in [2.24, 2.45) is 5.41 Å². The van der Waals surface area contributed by atoms with Gasteiger partial charge in [-0.1, -0.05) is 40.2 Å². The zero-order valence-electron chi connectivity index (χ0n) is 18.9. The van der Waals surface area contributed by atoms with E-state index in [-0.39, 0.29) is 18.5 Å². The quantitative estimate of drug-likeness (QED) is 0.216. The molecule has 0 spiro atoms. The lowest BCUT2D eigenvalue weighted by atomic mass is 10.0. The maximum Gasteiger partial charge on any atom is 0.573 e. The van der Waals surface area contributed by atoms with Crippen LogP contribution in [0.25, 0.3) is 22.0 Å². The molecule has 1 heterocycles. The fraction of sp³-hybridized carbons (Fsp3) is 0.160. The molecule has 0 unspecified atom stereocenters. The highest BCUT2D eigenvalue weighted by atomic mass is 79.9. The monoisotopic (exact) mass is 573 g/mol. The van der Waals surface area contributed by atoms with Crippen molar-refractivity contribution in [2.45, 2.75) is 19.2 Å². The number of carbonyl (C=O) groups is 2. The van der Waals surface area contributed by atoms with E-state index in [1.165, 1.54) is 12.1 Å². The number of benzene rings is 3. The van der Waals surface area contributed by atoms with Crippen LogP contribution in [0.5, 0.6) is 5.75 Å². The average Bonchev–Trinajstić information content (AvgIpc) is 3.58. The number of nitrogens with two attached hydrogens (primary N) is 1. The lowest BCUT2D eigenvalue weighted by molar-refractivity contribution is -0.274. The summed E-state index contributed by atoms with van der Waals surface area (Å²) in [6, 6.07) is 16.5. The van der Waals surface area contributed by atoms with Crippen molar-refractivity contribution in [3.05, 3.63) is 65.1 Å². The van der Waals surface area contributed by atoms with Crippen molar-refractivity contribution in [3.8, 4) is 16.9 Å². The van der Waals surface area contributed by atoms with Gasteiger partial charge in [-0.2, -0.15) is 5.10 Å². The summed E-state index contributed by atoms with van der Waals surface area (Å²) in [5, 5.41) is 12.8. The van der Waals surface area contributed by atoms with E-state index in [1.54, 1.807) is 24.3 Å². The number of fused-ring (bicyclic) bond motifs is 1. The third-order valence-corrected chi connectivity index (χ3v) is 6.60. The Morgan fingerprint density at radius 1 is 1.03 bits per heavy atom. The number of alkyl halides is 3. The number of H-pyrrole nitrogens is 1. The minimum absolute atomic E-state index is 0.193. The van der Waals surface area contributed by atoms with Crippen LogP contribution in [0.15, 0.2) is 65.1 Å². The Morgan fingerprint density at radius 3 is 2.41 bits per heavy atom. The number of aromatic amines is 1. The number of ether oxygens (including phenoxy) is 1. The van der Waals surface area contributed by atoms with Crippen molar-refractivity contribution < 1.29 is 27.5 Å². The standard InChI is InChI=1S/C25H19BrF3N5O3/c26-14-6-9-17(19(12-14)37-25(27,28)29)32-23(36)24(10-11-24)22(35)31-15-7-4-13(5-8-15)16-2-1-3-18-20(16)21(30)34-33-18/h1-9,12H,10-11H2,(H,31,35)(H,32,36)(H3,30,33,34). The highest BCUT2D eigenvalue weighted by Gasteiger charge is 2.56. The van der Waals surface area contributed by atoms with Gasteiger partial charge in [0.2, 0.25) is 11.8 Å². The number of aromatic nitrogens is 2. The fourth-order valence-corrected chi connectivity index (χ4v) is 4.40. The van der Waals surface area contributed by atoms with E-state index < -0.39 is 29.3 Å². The van der Waals surface area contributed by atoms with Gasteiger partial charge in [0.1, 0.15) is 5.41 Å². The number of anilines is 3. The van der Waals surface area contributed by atoms with Gasteiger partial charge in [0.25, 0.3) is 0 Å². The SMILES string of the molecule is Nc1n[nH]c2cccc(-c3ccc(NC(=O)C4(C(=O)Nc5ccc(Br)cc5OC(F)(F)F)CC4)cc3)c12. The summed E-state index contributed by atoms with van der Waals surface area (Å²) in [5.74, 6) is -1.47. The molecule has 3 aromatic carbocycles. The van der Waals surface area contributed by atoms with Gasteiger partial charge in [-0.05, 0) is 60.4 Å². The maximum absolute atomic E-state index is 13.0. The molecule has 1 aromatic heterocycles. The molecule has 0 aliphatic heterocycles. The first-order valence-corrected chi connectivity index (χ1v) is 11.9. The van der Waals surface area contributed by atoms with Crippen molar-refractivity contribution >= 4 is 55.8 Å². The molecule has 4 aromatic rings. The lowest BCUT2D eigenvalue weighted by Gasteiger charge is -2.18. The predicted octanol–water partition coefficient (Wildman–Crippen LogP) is 5.83. The minimum Gasteiger partial charge on any atom is -0.404 e. The van der Waals surface area contributed by atoms with Gasteiger partial charge in [-0.3, -0.25) is 14.7 Å². The molecular weight excluding hydrogens is 555 g/mol. The molecule has 8 nitrogen and oxygen atoms in total. The topological polar surface area (TPSA) is 122 Å². The summed E-state index contributed by atoms with van der Waals surface area (Å²) in [4.78, 5) is 26.0. The van der Waals surface area contributed by atoms with Crippen molar-refractivity contribution in [1.29, 1.82) is 0 Å². The molecule has 1 aliphatic carbocycles. The molecular formula is C25H19BrF3N5O3. The molecule has 5 N–H and O–H groups in total. The molecule has 190 valence electrons. The molecule has 37 heavy (non-hydrogen) atoms. The second-order valence-corrected chi connectivity index (χ2v) is 9.51. The molecule has 0 atom stereocenters. The number of rotatable bonds is 6. The van der Waals surface area contributed by atoms with Gasteiger partial charge in [-0.25, -0.2) is 0 Å². The second kappa shape index (κ2) is 9.11. The van der Waals surface area contributed by atoms with Gasteiger partial charge in [0, 0.05) is 10.2 Å². The van der Waals surface area contributed by atoms with Crippen LogP contribution in [0, 0.1) is 5.41 Å². The Hall–Kier alpha value is -4.06. The smallest absolute Gasteiger partial charge is 0.404 e. The number of hydrogen-bond donors (Lipinski definition) is 4. The highest BCUT2D eigenvalue weighted by molar-refractivity contribution is 9.10. The summed E-state index contributed by atoms with van der Waals surface area (Å²) >= 11 is 3.08. The van der Waals surface area contributed by atoms with E-state index in [9.17, 15) is 22.8 Å². The van der Waals surface area contributed by atoms with Gasteiger partial charge in [-0.15, -0.1) is 13.2 Å². The third kappa shape index (κ3) is 4.96. The average molecular weight is 574 g/mol. The van der Waals surface area contributed by atoms with Crippen molar-refractivity contribution in [2.75, 3.05) is 16.4 Å². The third-order valence-electron chi connectivity index (χ3n) is 6.11. The van der Waals surface area contributed by atoms with Gasteiger partial charge >= 0.3 is 6.36 Å². The maximum atomic E-state index is 13.0. The summed E-state index contributed by atoms with van der Waals surface area (Å²) < 4.78 is 42.8. The number of nitrogen functional groups attached to an aromatic ring is 1. The number of halogens is 4. The second-order valence-electron chi connectivity index (χ2n) is 8.59. The van der Waals surface area contributed by atoms with Crippen LogP contribution in [0.3, 0.4) is 0 Å². The van der Waals surface area contributed by atoms with Crippen LogP contribution in [-0.4, -0.2) is 28.4 Å². The molecule has 5 rings (SSSR count). The molecule has 1 aliphatic rings. The van der Waals surface area contributed by atoms with E-state index in [0.29, 0.717) is 16.0 Å². The molecule has 12 heteroatoms. The van der Waals surface area contributed by atoms with Crippen LogP contribution >= 0.6 is 15.9 Å². The van der Waals surface area contributed by atoms with Gasteiger partial charge in [0.15, 0.2) is 11.6 Å². The van der Waals surface area contributed by atoms with Crippen LogP contribution in [0.1, 0.15) is 12.8 Å². The summed E-state index contributed by atoms with van der Waals surface area (Å²) in [7, 11) is 0. The van der Waals surface area contributed by atoms with Gasteiger partial charge < -0.3 is 21.1 Å². The fourth-order valence-electron chi connectivity index (χ4n) is 4.05. The number of amides is 2.